The molecule has 0 atom stereocenters. The van der Waals surface area contributed by atoms with Gasteiger partial charge in [-0.25, -0.2) is 9.59 Å². The zero-order valence-corrected chi connectivity index (χ0v) is 11.8. The first-order chi connectivity index (χ1) is 8.75. The largest absolute Gasteiger partial charge is 0.481 e. The van der Waals surface area contributed by atoms with Crippen molar-refractivity contribution in [2.24, 2.45) is 0 Å². The maximum absolute atomic E-state index is 9.60. The van der Waals surface area contributed by atoms with Crippen LogP contribution in [0.25, 0.3) is 0 Å². The van der Waals surface area contributed by atoms with Crippen molar-refractivity contribution in [3.8, 4) is 0 Å². The average molecular weight is 292 g/mol. The van der Waals surface area contributed by atoms with Crippen molar-refractivity contribution in [1.82, 2.24) is 0 Å². The first-order valence-electron chi connectivity index (χ1n) is 4.92. The van der Waals surface area contributed by atoms with Gasteiger partial charge in [0.25, 0.3) is 11.9 Å². The Hall–Kier alpha value is -2.64. The van der Waals surface area contributed by atoms with Crippen LogP contribution in [0.4, 0.5) is 0 Å². The van der Waals surface area contributed by atoms with Gasteiger partial charge in [0.1, 0.15) is 0 Å². The Kier molecular flexibility index (Phi) is 21.3. The molecule has 0 aromatic rings. The Morgan fingerprint density at radius 2 is 0.650 bits per heavy atom. The summed E-state index contributed by atoms with van der Waals surface area (Å²) < 4.78 is 0. The second-order valence-electron chi connectivity index (χ2n) is 3.21. The highest BCUT2D eigenvalue weighted by molar-refractivity contribution is 5.85. The second kappa shape index (κ2) is 16.4. The van der Waals surface area contributed by atoms with E-state index in [9.17, 15) is 9.59 Å². The van der Waals surface area contributed by atoms with Crippen LogP contribution >= 0.6 is 0 Å². The van der Waals surface area contributed by atoms with Crippen LogP contribution in [0.2, 0.25) is 0 Å². The molecule has 0 amide bonds. The zero-order valence-electron chi connectivity index (χ0n) is 11.8. The van der Waals surface area contributed by atoms with E-state index in [1.54, 1.807) is 0 Å². The van der Waals surface area contributed by atoms with Crippen LogP contribution in [0.3, 0.4) is 0 Å². The zero-order chi connectivity index (χ0) is 17.5. The molecule has 116 valence electrons. The van der Waals surface area contributed by atoms with Crippen molar-refractivity contribution in [1.29, 1.82) is 0 Å². The normalized spacial score (nSPS) is 7.00. The van der Waals surface area contributed by atoms with Crippen molar-refractivity contribution in [3.05, 3.63) is 24.3 Å². The van der Waals surface area contributed by atoms with Crippen LogP contribution in [0.5, 0.6) is 0 Å². The van der Waals surface area contributed by atoms with Crippen LogP contribution in [0.15, 0.2) is 24.3 Å². The summed E-state index contributed by atoms with van der Waals surface area (Å²) in [4.78, 5) is 37.2. The lowest BCUT2D eigenvalue weighted by Crippen LogP contribution is -1.92. The van der Waals surface area contributed by atoms with Crippen LogP contribution in [0, 0.1) is 0 Å². The third kappa shape index (κ3) is 110. The number of carboxylic acids is 4. The molecule has 0 heterocycles. The summed E-state index contributed by atoms with van der Waals surface area (Å²) in [5, 5.41) is 30.6. The molecule has 0 aliphatic rings. The highest BCUT2D eigenvalue weighted by Gasteiger charge is 1.90. The van der Waals surface area contributed by atoms with Gasteiger partial charge < -0.3 is 20.4 Å². The lowest BCUT2D eigenvalue weighted by Gasteiger charge is -1.79. The fraction of sp³-hybridized carbons (Fsp3) is 0.333. The fourth-order valence-electron chi connectivity index (χ4n) is 0. The number of aliphatic carboxylic acids is 4. The van der Waals surface area contributed by atoms with Gasteiger partial charge in [-0.1, -0.05) is 13.2 Å². The quantitative estimate of drug-likeness (QED) is 0.559. The van der Waals surface area contributed by atoms with Crippen LogP contribution in [-0.2, 0) is 19.2 Å². The molecular formula is C12H20O8. The van der Waals surface area contributed by atoms with Crippen molar-refractivity contribution in [2.75, 3.05) is 0 Å². The molecule has 0 bridgehead atoms. The van der Waals surface area contributed by atoms with E-state index in [4.69, 9.17) is 30.0 Å². The van der Waals surface area contributed by atoms with Gasteiger partial charge in [-0.15, -0.1) is 0 Å². The van der Waals surface area contributed by atoms with Crippen LogP contribution < -0.4 is 0 Å². The minimum atomic E-state index is -0.935. The number of hydrogen-bond donors (Lipinski definition) is 4. The Bertz CT molecular complexity index is 300. The Labute approximate surface area is 116 Å². The molecule has 20 heavy (non-hydrogen) atoms. The molecule has 0 rings (SSSR count). The molecule has 0 saturated heterocycles. The predicted octanol–water partition coefficient (Wildman–Crippen LogP) is 1.48. The van der Waals surface area contributed by atoms with E-state index in [1.165, 1.54) is 13.8 Å². The van der Waals surface area contributed by atoms with Gasteiger partial charge in [-0.3, -0.25) is 9.59 Å². The van der Waals surface area contributed by atoms with Gasteiger partial charge in [-0.05, 0) is 13.8 Å². The Balaban J connectivity index is -0.0000000871. The van der Waals surface area contributed by atoms with Gasteiger partial charge in [0.2, 0.25) is 0 Å². The van der Waals surface area contributed by atoms with E-state index >= 15 is 0 Å². The molecule has 0 aromatic heterocycles. The minimum absolute atomic E-state index is 0.176. The van der Waals surface area contributed by atoms with Gasteiger partial charge in [0, 0.05) is 25.0 Å². The molecule has 0 saturated carbocycles. The summed E-state index contributed by atoms with van der Waals surface area (Å²) in [6.45, 7) is 11.4. The van der Waals surface area contributed by atoms with E-state index in [2.05, 4.69) is 13.2 Å². The Morgan fingerprint density at radius 3 is 0.650 bits per heavy atom. The van der Waals surface area contributed by atoms with Crippen molar-refractivity contribution in [2.45, 2.75) is 27.7 Å². The van der Waals surface area contributed by atoms with Gasteiger partial charge in [0.15, 0.2) is 0 Å². The molecular weight excluding hydrogens is 272 g/mol. The molecule has 0 aromatic carbocycles. The van der Waals surface area contributed by atoms with Crippen molar-refractivity contribution >= 4 is 23.9 Å². The molecule has 0 unspecified atom stereocenters. The van der Waals surface area contributed by atoms with Gasteiger partial charge >= 0.3 is 11.9 Å². The third-order valence-electron chi connectivity index (χ3n) is 0.730. The maximum atomic E-state index is 9.60. The molecule has 0 radical (unpaired) electrons. The number of carbonyl (C=O) groups is 4. The average Bonchev–Trinajstić information content (AvgIpc) is 2.15. The molecule has 0 spiro atoms. The topological polar surface area (TPSA) is 149 Å². The van der Waals surface area contributed by atoms with E-state index in [1.807, 2.05) is 0 Å². The SMILES string of the molecule is C=C(C)C(=O)O.C=C(C)C(=O)O.CC(=O)O.CC(=O)O. The lowest BCUT2D eigenvalue weighted by atomic mass is 10.4. The van der Waals surface area contributed by atoms with Crippen molar-refractivity contribution in [3.63, 3.8) is 0 Å². The number of carboxylic acid groups (broad SMARTS) is 4. The van der Waals surface area contributed by atoms with E-state index < -0.39 is 23.9 Å². The molecule has 8 nitrogen and oxygen atoms in total. The summed E-state index contributed by atoms with van der Waals surface area (Å²) in [5.41, 5.74) is 0.352. The first-order valence-corrected chi connectivity index (χ1v) is 4.92. The first kappa shape index (κ1) is 26.0. The Morgan fingerprint density at radius 1 is 0.600 bits per heavy atom. The molecule has 0 aliphatic carbocycles. The summed E-state index contributed by atoms with van der Waals surface area (Å²) in [6, 6.07) is 0. The maximum Gasteiger partial charge on any atom is 0.330 e. The summed E-state index contributed by atoms with van der Waals surface area (Å²) in [7, 11) is 0. The summed E-state index contributed by atoms with van der Waals surface area (Å²) >= 11 is 0. The van der Waals surface area contributed by atoms with Gasteiger partial charge in [-0.2, -0.15) is 0 Å². The highest BCUT2D eigenvalue weighted by atomic mass is 16.4. The minimum Gasteiger partial charge on any atom is -0.481 e. The predicted molar refractivity (Wildman–Crippen MR) is 71.5 cm³/mol. The molecule has 0 fully saturated rings. The fourth-order valence-corrected chi connectivity index (χ4v) is 0. The lowest BCUT2D eigenvalue weighted by molar-refractivity contribution is -0.135. The van der Waals surface area contributed by atoms with Crippen molar-refractivity contribution < 1.29 is 39.6 Å². The number of hydrogen-bond acceptors (Lipinski definition) is 4. The van der Waals surface area contributed by atoms with Crippen LogP contribution in [0.1, 0.15) is 27.7 Å². The van der Waals surface area contributed by atoms with E-state index in [0.29, 0.717) is 0 Å². The van der Waals surface area contributed by atoms with Crippen LogP contribution in [-0.4, -0.2) is 44.3 Å². The third-order valence-corrected chi connectivity index (χ3v) is 0.730. The van der Waals surface area contributed by atoms with Gasteiger partial charge in [0.05, 0.1) is 0 Å². The monoisotopic (exact) mass is 292 g/mol. The molecule has 4 N–H and O–H groups in total. The standard InChI is InChI=1S/2C4H6O2.2C2H4O2/c2*1-3(2)4(5)6;2*1-2(3)4/h2*1H2,2H3,(H,5,6);2*1H3,(H,3,4). The van der Waals surface area contributed by atoms with E-state index in [-0.39, 0.29) is 11.1 Å². The molecule has 0 aliphatic heterocycles. The number of rotatable bonds is 2. The smallest absolute Gasteiger partial charge is 0.330 e. The summed E-state index contributed by atoms with van der Waals surface area (Å²) in [5.74, 6) is -3.54. The second-order valence-corrected chi connectivity index (χ2v) is 3.21. The van der Waals surface area contributed by atoms with E-state index in [0.717, 1.165) is 13.8 Å². The molecule has 8 heteroatoms. The highest BCUT2D eigenvalue weighted by Crippen LogP contribution is 1.81. The summed E-state index contributed by atoms with van der Waals surface area (Å²) in [6.07, 6.45) is 0.